The van der Waals surface area contributed by atoms with Crippen LogP contribution in [0.15, 0.2) is 29.6 Å². The summed E-state index contributed by atoms with van der Waals surface area (Å²) in [6.45, 7) is 2.77. The van der Waals surface area contributed by atoms with Crippen molar-refractivity contribution < 1.29 is 9.47 Å². The average molecular weight is 331 g/mol. The first-order valence-electron chi connectivity index (χ1n) is 7.55. The quantitative estimate of drug-likeness (QED) is 0.620. The Kier molecular flexibility index (Phi) is 5.03. The van der Waals surface area contributed by atoms with Gasteiger partial charge in [0.15, 0.2) is 16.7 Å². The van der Waals surface area contributed by atoms with Crippen LogP contribution in [0, 0.1) is 0 Å². The normalized spacial score (nSPS) is 14.4. The van der Waals surface area contributed by atoms with E-state index in [1.807, 2.05) is 24.6 Å². The van der Waals surface area contributed by atoms with E-state index in [1.165, 1.54) is 16.8 Å². The standard InChI is InChI=1S/C17H21N3O2S/c1-21-15-5-4-12(8-16(15)22-2)10-20-7-6-14-13(11-20)9-18-17(19-14)23-3/h4-5,8-9H,6-7,10-11H2,1-3H3. The second-order valence-corrected chi connectivity index (χ2v) is 6.25. The second kappa shape index (κ2) is 7.19. The molecule has 0 aliphatic carbocycles. The Morgan fingerprint density at radius 1 is 1.22 bits per heavy atom. The van der Waals surface area contributed by atoms with Crippen LogP contribution in [-0.2, 0) is 19.5 Å². The van der Waals surface area contributed by atoms with Crippen LogP contribution >= 0.6 is 11.8 Å². The lowest BCUT2D eigenvalue weighted by Crippen LogP contribution is -2.31. The van der Waals surface area contributed by atoms with E-state index in [-0.39, 0.29) is 0 Å². The van der Waals surface area contributed by atoms with Gasteiger partial charge >= 0.3 is 0 Å². The SMILES string of the molecule is COc1ccc(CN2CCc3nc(SC)ncc3C2)cc1OC. The maximum absolute atomic E-state index is 5.38. The maximum atomic E-state index is 5.38. The molecule has 2 aromatic rings. The fourth-order valence-corrected chi connectivity index (χ4v) is 3.19. The summed E-state index contributed by atoms with van der Waals surface area (Å²) < 4.78 is 10.7. The summed E-state index contributed by atoms with van der Waals surface area (Å²) in [4.78, 5) is 11.4. The predicted molar refractivity (Wildman–Crippen MR) is 91.2 cm³/mol. The maximum Gasteiger partial charge on any atom is 0.187 e. The van der Waals surface area contributed by atoms with Crippen LogP contribution in [0.5, 0.6) is 11.5 Å². The van der Waals surface area contributed by atoms with Crippen molar-refractivity contribution in [3.63, 3.8) is 0 Å². The van der Waals surface area contributed by atoms with Crippen molar-refractivity contribution in [1.29, 1.82) is 0 Å². The van der Waals surface area contributed by atoms with E-state index in [2.05, 4.69) is 20.9 Å². The van der Waals surface area contributed by atoms with Gasteiger partial charge in [-0.1, -0.05) is 17.8 Å². The fraction of sp³-hybridized carbons (Fsp3) is 0.412. The Balaban J connectivity index is 1.72. The van der Waals surface area contributed by atoms with Crippen molar-refractivity contribution >= 4 is 11.8 Å². The molecule has 1 aliphatic rings. The summed E-state index contributed by atoms with van der Waals surface area (Å²) in [5.74, 6) is 1.54. The molecular weight excluding hydrogens is 310 g/mol. The number of benzene rings is 1. The number of hydrogen-bond donors (Lipinski definition) is 0. The van der Waals surface area contributed by atoms with Crippen LogP contribution in [0.3, 0.4) is 0 Å². The molecule has 0 N–H and O–H groups in total. The van der Waals surface area contributed by atoms with Gasteiger partial charge in [-0.05, 0) is 24.0 Å². The summed E-state index contributed by atoms with van der Waals surface area (Å²) in [6.07, 6.45) is 4.95. The first-order chi connectivity index (χ1) is 11.2. The molecule has 0 atom stereocenters. The zero-order valence-corrected chi connectivity index (χ0v) is 14.5. The number of thioether (sulfide) groups is 1. The Hall–Kier alpha value is -1.79. The molecule has 0 fully saturated rings. The Morgan fingerprint density at radius 3 is 2.78 bits per heavy atom. The van der Waals surface area contributed by atoms with E-state index in [1.54, 1.807) is 26.0 Å². The van der Waals surface area contributed by atoms with Crippen LogP contribution in [0.1, 0.15) is 16.8 Å². The summed E-state index contributed by atoms with van der Waals surface area (Å²) in [5, 5.41) is 0.858. The molecular formula is C17H21N3O2S. The zero-order chi connectivity index (χ0) is 16.2. The molecule has 2 heterocycles. The number of nitrogens with zero attached hydrogens (tertiary/aromatic N) is 3. The molecule has 1 aliphatic heterocycles. The van der Waals surface area contributed by atoms with Crippen molar-refractivity contribution in [1.82, 2.24) is 14.9 Å². The zero-order valence-electron chi connectivity index (χ0n) is 13.7. The summed E-state index contributed by atoms with van der Waals surface area (Å²) in [5.41, 5.74) is 3.63. The molecule has 3 rings (SSSR count). The van der Waals surface area contributed by atoms with Gasteiger partial charge in [0, 0.05) is 37.8 Å². The largest absolute Gasteiger partial charge is 0.493 e. The highest BCUT2D eigenvalue weighted by molar-refractivity contribution is 7.98. The van der Waals surface area contributed by atoms with E-state index < -0.39 is 0 Å². The molecule has 0 saturated heterocycles. The highest BCUT2D eigenvalue weighted by Crippen LogP contribution is 2.29. The third-order valence-electron chi connectivity index (χ3n) is 4.03. The van der Waals surface area contributed by atoms with E-state index in [0.29, 0.717) is 0 Å². The van der Waals surface area contributed by atoms with Crippen LogP contribution in [-0.4, -0.2) is 41.9 Å². The number of rotatable bonds is 5. The van der Waals surface area contributed by atoms with E-state index in [0.717, 1.165) is 42.7 Å². The molecule has 0 saturated carbocycles. The van der Waals surface area contributed by atoms with Gasteiger partial charge in [-0.25, -0.2) is 9.97 Å². The lowest BCUT2D eigenvalue weighted by molar-refractivity contribution is 0.241. The van der Waals surface area contributed by atoms with Crippen LogP contribution in [0.2, 0.25) is 0 Å². The molecule has 23 heavy (non-hydrogen) atoms. The minimum Gasteiger partial charge on any atom is -0.493 e. The van der Waals surface area contributed by atoms with Gasteiger partial charge in [0.2, 0.25) is 0 Å². The summed E-state index contributed by atoms with van der Waals surface area (Å²) in [6, 6.07) is 6.09. The van der Waals surface area contributed by atoms with Crippen molar-refractivity contribution in [2.75, 3.05) is 27.0 Å². The highest BCUT2D eigenvalue weighted by Gasteiger charge is 2.19. The monoisotopic (exact) mass is 331 g/mol. The van der Waals surface area contributed by atoms with Gasteiger partial charge in [-0.2, -0.15) is 0 Å². The minimum absolute atomic E-state index is 0.762. The molecule has 5 nitrogen and oxygen atoms in total. The number of fused-ring (bicyclic) bond motifs is 1. The lowest BCUT2D eigenvalue weighted by atomic mass is 10.1. The number of aromatic nitrogens is 2. The van der Waals surface area contributed by atoms with E-state index in [9.17, 15) is 0 Å². The molecule has 1 aromatic heterocycles. The lowest BCUT2D eigenvalue weighted by Gasteiger charge is -2.28. The highest BCUT2D eigenvalue weighted by atomic mass is 32.2. The van der Waals surface area contributed by atoms with Crippen molar-refractivity contribution in [2.24, 2.45) is 0 Å². The predicted octanol–water partition coefficient (Wildman–Crippen LogP) is 2.77. The minimum atomic E-state index is 0.762. The van der Waals surface area contributed by atoms with Gasteiger partial charge in [0.25, 0.3) is 0 Å². The van der Waals surface area contributed by atoms with Crippen LogP contribution in [0.25, 0.3) is 0 Å². The molecule has 1 aromatic carbocycles. The first-order valence-corrected chi connectivity index (χ1v) is 8.78. The number of ether oxygens (including phenoxy) is 2. The third-order valence-corrected chi connectivity index (χ3v) is 4.59. The molecule has 0 radical (unpaired) electrons. The van der Waals surface area contributed by atoms with Gasteiger partial charge in [-0.15, -0.1) is 0 Å². The van der Waals surface area contributed by atoms with Crippen molar-refractivity contribution in [3.05, 3.63) is 41.2 Å². The van der Waals surface area contributed by atoms with Gasteiger partial charge in [-0.3, -0.25) is 4.90 Å². The van der Waals surface area contributed by atoms with Gasteiger partial charge < -0.3 is 9.47 Å². The van der Waals surface area contributed by atoms with E-state index in [4.69, 9.17) is 9.47 Å². The molecule has 0 amide bonds. The third kappa shape index (κ3) is 3.59. The van der Waals surface area contributed by atoms with Crippen molar-refractivity contribution in [2.45, 2.75) is 24.7 Å². The number of methoxy groups -OCH3 is 2. The fourth-order valence-electron chi connectivity index (χ4n) is 2.83. The second-order valence-electron chi connectivity index (χ2n) is 5.48. The summed E-state index contributed by atoms with van der Waals surface area (Å²) >= 11 is 1.59. The first kappa shape index (κ1) is 16.1. The van der Waals surface area contributed by atoms with Crippen molar-refractivity contribution in [3.8, 4) is 11.5 Å². The molecule has 122 valence electrons. The van der Waals surface area contributed by atoms with Gasteiger partial charge in [0.05, 0.1) is 19.9 Å². The Labute approximate surface area is 141 Å². The summed E-state index contributed by atoms with van der Waals surface area (Å²) in [7, 11) is 3.32. The topological polar surface area (TPSA) is 47.5 Å². The van der Waals surface area contributed by atoms with Crippen LogP contribution < -0.4 is 9.47 Å². The average Bonchev–Trinajstić information content (AvgIpc) is 2.61. The Morgan fingerprint density at radius 2 is 2.04 bits per heavy atom. The molecule has 6 heteroatoms. The molecule has 0 unspecified atom stereocenters. The van der Waals surface area contributed by atoms with Gasteiger partial charge in [0.1, 0.15) is 0 Å². The Bertz CT molecular complexity index is 694. The smallest absolute Gasteiger partial charge is 0.187 e. The van der Waals surface area contributed by atoms with E-state index >= 15 is 0 Å². The number of hydrogen-bond acceptors (Lipinski definition) is 6. The van der Waals surface area contributed by atoms with Crippen LogP contribution in [0.4, 0.5) is 0 Å². The molecule has 0 spiro atoms. The molecule has 0 bridgehead atoms.